The van der Waals surface area contributed by atoms with Gasteiger partial charge in [-0.3, -0.25) is 0 Å². The normalized spacial score (nSPS) is 26.5. The van der Waals surface area contributed by atoms with Gasteiger partial charge in [0.05, 0.1) is 10.7 Å². The fraction of sp³-hybridized carbons (Fsp3) is 0.750. The van der Waals surface area contributed by atoms with Crippen molar-refractivity contribution in [1.29, 1.82) is 0 Å². The fourth-order valence-electron chi connectivity index (χ4n) is 2.32. The van der Waals surface area contributed by atoms with Crippen molar-refractivity contribution in [3.8, 4) is 0 Å². The molecule has 2 unspecified atom stereocenters. The van der Waals surface area contributed by atoms with Gasteiger partial charge in [0.1, 0.15) is 0 Å². The molecule has 0 amide bonds. The molecule has 16 heavy (non-hydrogen) atoms. The molecule has 1 fully saturated rings. The van der Waals surface area contributed by atoms with E-state index in [-0.39, 0.29) is 0 Å². The van der Waals surface area contributed by atoms with Crippen LogP contribution < -0.4 is 5.32 Å². The van der Waals surface area contributed by atoms with E-state index in [9.17, 15) is 0 Å². The summed E-state index contributed by atoms with van der Waals surface area (Å²) in [6.45, 7) is 8.60. The zero-order valence-corrected chi connectivity index (χ0v) is 11.4. The Morgan fingerprint density at radius 1 is 1.50 bits per heavy atom. The molecule has 0 aliphatic carbocycles. The minimum atomic E-state index is 0.626. The monoisotopic (exact) mass is 239 g/mol. The summed E-state index contributed by atoms with van der Waals surface area (Å²) in [6, 6.07) is 1.33. The molecular weight excluding hydrogens is 218 g/mol. The Balaban J connectivity index is 1.86. The summed E-state index contributed by atoms with van der Waals surface area (Å²) in [5.74, 6) is 0. The molecule has 0 bridgehead atoms. The maximum absolute atomic E-state index is 4.55. The fourth-order valence-corrected chi connectivity index (χ4v) is 3.15. The van der Waals surface area contributed by atoms with Crippen molar-refractivity contribution in [3.63, 3.8) is 0 Å². The molecule has 0 aromatic carbocycles. The number of thiazole rings is 1. The molecule has 0 saturated carbocycles. The van der Waals surface area contributed by atoms with Crippen LogP contribution in [0.1, 0.15) is 28.9 Å². The molecule has 4 heteroatoms. The van der Waals surface area contributed by atoms with Gasteiger partial charge in [0, 0.05) is 30.1 Å². The first-order valence-corrected chi connectivity index (χ1v) is 6.74. The standard InChI is InChI=1S/C12H21N3S/c1-8-5-11(7-15(8)4)13-6-12-9(2)16-10(3)14-12/h8,11,13H,5-7H2,1-4H3. The predicted molar refractivity (Wildman–Crippen MR) is 68.9 cm³/mol. The molecule has 90 valence electrons. The van der Waals surface area contributed by atoms with Crippen molar-refractivity contribution in [3.05, 3.63) is 15.6 Å². The lowest BCUT2D eigenvalue weighted by atomic mass is 10.2. The largest absolute Gasteiger partial charge is 0.307 e. The molecule has 1 aliphatic heterocycles. The lowest BCUT2D eigenvalue weighted by molar-refractivity contribution is 0.326. The Morgan fingerprint density at radius 3 is 2.75 bits per heavy atom. The number of likely N-dealkylation sites (tertiary alicyclic amines) is 1. The van der Waals surface area contributed by atoms with E-state index in [2.05, 4.69) is 43.0 Å². The van der Waals surface area contributed by atoms with Crippen LogP contribution in [-0.4, -0.2) is 35.6 Å². The Bertz CT molecular complexity index is 351. The number of nitrogens with zero attached hydrogens (tertiary/aromatic N) is 2. The number of aryl methyl sites for hydroxylation is 2. The SMILES string of the molecule is Cc1nc(CNC2CC(C)N(C)C2)c(C)s1. The van der Waals surface area contributed by atoms with Crippen LogP contribution in [0.2, 0.25) is 0 Å². The van der Waals surface area contributed by atoms with Gasteiger partial charge in [0.2, 0.25) is 0 Å². The quantitative estimate of drug-likeness (QED) is 0.874. The van der Waals surface area contributed by atoms with E-state index >= 15 is 0 Å². The van der Waals surface area contributed by atoms with Crippen LogP contribution in [0.5, 0.6) is 0 Å². The molecule has 1 aliphatic rings. The second kappa shape index (κ2) is 4.82. The Hall–Kier alpha value is -0.450. The van der Waals surface area contributed by atoms with Crippen molar-refractivity contribution in [2.75, 3.05) is 13.6 Å². The predicted octanol–water partition coefficient (Wildman–Crippen LogP) is 1.94. The zero-order chi connectivity index (χ0) is 11.7. The number of hydrogen-bond donors (Lipinski definition) is 1. The van der Waals surface area contributed by atoms with Gasteiger partial charge in [-0.05, 0) is 34.2 Å². The van der Waals surface area contributed by atoms with Gasteiger partial charge in [-0.2, -0.15) is 0 Å². The highest BCUT2D eigenvalue weighted by Crippen LogP contribution is 2.18. The van der Waals surface area contributed by atoms with Crippen molar-refractivity contribution >= 4 is 11.3 Å². The molecule has 3 nitrogen and oxygen atoms in total. The van der Waals surface area contributed by atoms with Crippen molar-refractivity contribution < 1.29 is 0 Å². The summed E-state index contributed by atoms with van der Waals surface area (Å²) in [5.41, 5.74) is 1.23. The first kappa shape index (κ1) is 12.0. The summed E-state index contributed by atoms with van der Waals surface area (Å²) in [4.78, 5) is 8.32. The van der Waals surface area contributed by atoms with E-state index in [1.165, 1.54) is 22.0 Å². The summed E-state index contributed by atoms with van der Waals surface area (Å²) in [7, 11) is 2.20. The number of nitrogens with one attached hydrogen (secondary N) is 1. The van der Waals surface area contributed by atoms with Gasteiger partial charge in [0.15, 0.2) is 0 Å². The molecule has 0 radical (unpaired) electrons. The first-order chi connectivity index (χ1) is 7.56. The average Bonchev–Trinajstić information content (AvgIpc) is 2.68. The van der Waals surface area contributed by atoms with E-state index in [0.717, 1.165) is 13.1 Å². The van der Waals surface area contributed by atoms with Gasteiger partial charge in [-0.25, -0.2) is 4.98 Å². The van der Waals surface area contributed by atoms with Crippen molar-refractivity contribution in [2.24, 2.45) is 0 Å². The molecular formula is C12H21N3S. The Labute approximate surface area is 102 Å². The summed E-state index contributed by atoms with van der Waals surface area (Å²) < 4.78 is 0. The highest BCUT2D eigenvalue weighted by Gasteiger charge is 2.25. The van der Waals surface area contributed by atoms with E-state index in [1.54, 1.807) is 11.3 Å². The minimum Gasteiger partial charge on any atom is -0.307 e. The van der Waals surface area contributed by atoms with Crippen molar-refractivity contribution in [1.82, 2.24) is 15.2 Å². The van der Waals surface area contributed by atoms with Crippen LogP contribution in [0, 0.1) is 13.8 Å². The van der Waals surface area contributed by atoms with Crippen LogP contribution >= 0.6 is 11.3 Å². The number of rotatable bonds is 3. The number of hydrogen-bond acceptors (Lipinski definition) is 4. The van der Waals surface area contributed by atoms with E-state index in [4.69, 9.17) is 0 Å². The minimum absolute atomic E-state index is 0.626. The molecule has 1 aromatic heterocycles. The van der Waals surface area contributed by atoms with Gasteiger partial charge in [-0.1, -0.05) is 0 Å². The third-order valence-electron chi connectivity index (χ3n) is 3.44. The van der Waals surface area contributed by atoms with Crippen LogP contribution in [-0.2, 0) is 6.54 Å². The Morgan fingerprint density at radius 2 is 2.25 bits per heavy atom. The second-order valence-corrected chi connectivity index (χ2v) is 6.25. The molecule has 0 spiro atoms. The highest BCUT2D eigenvalue weighted by atomic mass is 32.1. The van der Waals surface area contributed by atoms with E-state index in [1.807, 2.05) is 0 Å². The van der Waals surface area contributed by atoms with Gasteiger partial charge >= 0.3 is 0 Å². The molecule has 2 atom stereocenters. The van der Waals surface area contributed by atoms with Gasteiger partial charge in [-0.15, -0.1) is 11.3 Å². The summed E-state index contributed by atoms with van der Waals surface area (Å²) in [5, 5.41) is 4.79. The molecule has 1 N–H and O–H groups in total. The summed E-state index contributed by atoms with van der Waals surface area (Å²) >= 11 is 1.79. The topological polar surface area (TPSA) is 28.2 Å². The Kier molecular flexibility index (Phi) is 3.62. The number of likely N-dealkylation sites (N-methyl/N-ethyl adjacent to an activating group) is 1. The van der Waals surface area contributed by atoms with E-state index < -0.39 is 0 Å². The maximum atomic E-state index is 4.55. The third-order valence-corrected chi connectivity index (χ3v) is 4.37. The number of aromatic nitrogens is 1. The van der Waals surface area contributed by atoms with Crippen molar-refractivity contribution in [2.45, 2.75) is 45.8 Å². The smallest absolute Gasteiger partial charge is 0.0900 e. The van der Waals surface area contributed by atoms with Crippen LogP contribution in [0.3, 0.4) is 0 Å². The molecule has 1 saturated heterocycles. The lowest BCUT2D eigenvalue weighted by Crippen LogP contribution is -2.31. The zero-order valence-electron chi connectivity index (χ0n) is 10.6. The summed E-state index contributed by atoms with van der Waals surface area (Å²) in [6.07, 6.45) is 1.25. The first-order valence-electron chi connectivity index (χ1n) is 5.92. The third kappa shape index (κ3) is 2.62. The van der Waals surface area contributed by atoms with E-state index in [0.29, 0.717) is 12.1 Å². The lowest BCUT2D eigenvalue weighted by Gasteiger charge is -2.13. The maximum Gasteiger partial charge on any atom is 0.0900 e. The average molecular weight is 239 g/mol. The highest BCUT2D eigenvalue weighted by molar-refractivity contribution is 7.11. The molecule has 2 heterocycles. The van der Waals surface area contributed by atoms with Crippen LogP contribution in [0.25, 0.3) is 0 Å². The van der Waals surface area contributed by atoms with Crippen LogP contribution in [0.15, 0.2) is 0 Å². The molecule has 1 aromatic rings. The molecule has 2 rings (SSSR count). The van der Waals surface area contributed by atoms with Gasteiger partial charge in [0.25, 0.3) is 0 Å². The van der Waals surface area contributed by atoms with Gasteiger partial charge < -0.3 is 10.2 Å². The second-order valence-electron chi connectivity index (χ2n) is 4.84. The van der Waals surface area contributed by atoms with Crippen LogP contribution in [0.4, 0.5) is 0 Å².